The minimum Gasteiger partial charge on any atom is -0.399 e. The van der Waals surface area contributed by atoms with Crippen molar-refractivity contribution in [2.45, 2.75) is 13.0 Å². The van der Waals surface area contributed by atoms with Gasteiger partial charge in [-0.2, -0.15) is 0 Å². The standard InChI is InChI=1S/C10H13BrN2O2/c1-6(14)5-13-10(15)7-2-8(11)4-9(12)3-7/h2-4,6,14H,5,12H2,1H3,(H,13,15)/t6-/m0/s1. The van der Waals surface area contributed by atoms with E-state index in [-0.39, 0.29) is 12.5 Å². The average molecular weight is 273 g/mol. The summed E-state index contributed by atoms with van der Waals surface area (Å²) in [6.45, 7) is 1.83. The molecule has 0 saturated heterocycles. The maximum absolute atomic E-state index is 11.6. The van der Waals surface area contributed by atoms with E-state index < -0.39 is 6.10 Å². The Balaban J connectivity index is 2.73. The summed E-state index contributed by atoms with van der Waals surface area (Å²) in [7, 11) is 0. The number of amides is 1. The van der Waals surface area contributed by atoms with E-state index >= 15 is 0 Å². The van der Waals surface area contributed by atoms with E-state index in [0.29, 0.717) is 11.3 Å². The molecule has 15 heavy (non-hydrogen) atoms. The molecule has 0 bridgehead atoms. The third-order valence-corrected chi connectivity index (χ3v) is 2.20. The molecule has 0 fully saturated rings. The van der Waals surface area contributed by atoms with E-state index in [2.05, 4.69) is 21.2 Å². The molecule has 1 amide bonds. The van der Waals surface area contributed by atoms with Crippen molar-refractivity contribution in [1.82, 2.24) is 5.32 Å². The van der Waals surface area contributed by atoms with Gasteiger partial charge in [-0.1, -0.05) is 15.9 Å². The average Bonchev–Trinajstić information content (AvgIpc) is 2.12. The third kappa shape index (κ3) is 3.89. The summed E-state index contributed by atoms with van der Waals surface area (Å²) >= 11 is 3.25. The Bertz CT molecular complexity index is 346. The van der Waals surface area contributed by atoms with Crippen LogP contribution < -0.4 is 11.1 Å². The first-order valence-corrected chi connectivity index (χ1v) is 5.30. The van der Waals surface area contributed by atoms with Crippen molar-refractivity contribution < 1.29 is 9.90 Å². The van der Waals surface area contributed by atoms with Crippen LogP contribution in [0.5, 0.6) is 0 Å². The molecule has 0 aromatic heterocycles. The molecule has 0 aliphatic heterocycles. The molecule has 1 rings (SSSR count). The van der Waals surface area contributed by atoms with Crippen LogP contribution in [0.25, 0.3) is 0 Å². The summed E-state index contributed by atoms with van der Waals surface area (Å²) in [5, 5.41) is 11.6. The van der Waals surface area contributed by atoms with Crippen molar-refractivity contribution in [2.24, 2.45) is 0 Å². The minimum atomic E-state index is -0.557. The lowest BCUT2D eigenvalue weighted by Crippen LogP contribution is -2.30. The third-order valence-electron chi connectivity index (χ3n) is 1.74. The lowest BCUT2D eigenvalue weighted by atomic mass is 10.2. The van der Waals surface area contributed by atoms with Crippen LogP contribution in [0.3, 0.4) is 0 Å². The molecule has 5 heteroatoms. The van der Waals surface area contributed by atoms with E-state index in [4.69, 9.17) is 10.8 Å². The number of hydrogen-bond donors (Lipinski definition) is 3. The Morgan fingerprint density at radius 3 is 2.80 bits per heavy atom. The number of hydrogen-bond acceptors (Lipinski definition) is 3. The fraction of sp³-hybridized carbons (Fsp3) is 0.300. The highest BCUT2D eigenvalue weighted by atomic mass is 79.9. The Hall–Kier alpha value is -1.07. The second-order valence-electron chi connectivity index (χ2n) is 3.33. The van der Waals surface area contributed by atoms with E-state index in [1.54, 1.807) is 25.1 Å². The lowest BCUT2D eigenvalue weighted by Gasteiger charge is -2.07. The second kappa shape index (κ2) is 5.14. The summed E-state index contributed by atoms with van der Waals surface area (Å²) in [5.74, 6) is -0.246. The Labute approximate surface area is 96.6 Å². The molecule has 1 aromatic carbocycles. The molecular formula is C10H13BrN2O2. The van der Waals surface area contributed by atoms with Crippen LogP contribution >= 0.6 is 15.9 Å². The summed E-state index contributed by atoms with van der Waals surface area (Å²) in [6.07, 6.45) is -0.557. The summed E-state index contributed by atoms with van der Waals surface area (Å²) < 4.78 is 0.754. The van der Waals surface area contributed by atoms with Gasteiger partial charge in [-0.15, -0.1) is 0 Å². The largest absolute Gasteiger partial charge is 0.399 e. The van der Waals surface area contributed by atoms with Crippen LogP contribution in [0.1, 0.15) is 17.3 Å². The zero-order chi connectivity index (χ0) is 11.4. The molecular weight excluding hydrogens is 260 g/mol. The number of nitrogens with one attached hydrogen (secondary N) is 1. The fourth-order valence-electron chi connectivity index (χ4n) is 1.09. The number of halogens is 1. The highest BCUT2D eigenvalue weighted by Gasteiger charge is 2.07. The minimum absolute atomic E-state index is 0.227. The highest BCUT2D eigenvalue weighted by Crippen LogP contribution is 2.17. The molecule has 0 spiro atoms. The molecule has 0 aliphatic rings. The molecule has 0 saturated carbocycles. The normalized spacial score (nSPS) is 12.2. The van der Waals surface area contributed by atoms with Gasteiger partial charge in [0.25, 0.3) is 5.91 Å². The quantitative estimate of drug-likeness (QED) is 0.723. The fourth-order valence-corrected chi connectivity index (χ4v) is 1.60. The predicted octanol–water partition coefficient (Wildman–Crippen LogP) is 1.14. The van der Waals surface area contributed by atoms with Crippen LogP contribution in [-0.4, -0.2) is 23.7 Å². The van der Waals surface area contributed by atoms with Gasteiger partial charge in [-0.05, 0) is 25.1 Å². The van der Waals surface area contributed by atoms with Crippen molar-refractivity contribution >= 4 is 27.5 Å². The molecule has 0 heterocycles. The van der Waals surface area contributed by atoms with Crippen molar-refractivity contribution in [3.05, 3.63) is 28.2 Å². The number of benzene rings is 1. The van der Waals surface area contributed by atoms with E-state index in [9.17, 15) is 4.79 Å². The predicted molar refractivity (Wildman–Crippen MR) is 62.6 cm³/mol. The summed E-state index contributed by atoms with van der Waals surface area (Å²) in [6, 6.07) is 4.97. The number of nitrogen functional groups attached to an aromatic ring is 1. The number of carbonyl (C=O) groups excluding carboxylic acids is 1. The number of anilines is 1. The molecule has 4 nitrogen and oxygen atoms in total. The van der Waals surface area contributed by atoms with Crippen LogP contribution in [0.2, 0.25) is 0 Å². The van der Waals surface area contributed by atoms with Gasteiger partial charge in [0, 0.05) is 22.3 Å². The van der Waals surface area contributed by atoms with Gasteiger partial charge in [-0.3, -0.25) is 4.79 Å². The van der Waals surface area contributed by atoms with Gasteiger partial charge in [0.05, 0.1) is 6.10 Å². The molecule has 4 N–H and O–H groups in total. The number of aliphatic hydroxyl groups excluding tert-OH is 1. The van der Waals surface area contributed by atoms with Gasteiger partial charge in [0.15, 0.2) is 0 Å². The van der Waals surface area contributed by atoms with Gasteiger partial charge in [-0.25, -0.2) is 0 Å². The summed E-state index contributed by atoms with van der Waals surface area (Å²) in [4.78, 5) is 11.6. The highest BCUT2D eigenvalue weighted by molar-refractivity contribution is 9.10. The van der Waals surface area contributed by atoms with Crippen molar-refractivity contribution in [2.75, 3.05) is 12.3 Å². The summed E-state index contributed by atoms with van der Waals surface area (Å²) in [5.41, 5.74) is 6.59. The smallest absolute Gasteiger partial charge is 0.251 e. The van der Waals surface area contributed by atoms with Gasteiger partial charge >= 0.3 is 0 Å². The van der Waals surface area contributed by atoms with Crippen molar-refractivity contribution in [1.29, 1.82) is 0 Å². The van der Waals surface area contributed by atoms with Crippen LogP contribution in [0.15, 0.2) is 22.7 Å². The molecule has 0 unspecified atom stereocenters. The first-order valence-electron chi connectivity index (χ1n) is 4.51. The maximum Gasteiger partial charge on any atom is 0.251 e. The van der Waals surface area contributed by atoms with Gasteiger partial charge < -0.3 is 16.2 Å². The molecule has 1 aromatic rings. The van der Waals surface area contributed by atoms with E-state index in [1.165, 1.54) is 0 Å². The lowest BCUT2D eigenvalue weighted by molar-refractivity contribution is 0.0924. The first-order chi connectivity index (χ1) is 6.99. The topological polar surface area (TPSA) is 75.3 Å². The van der Waals surface area contributed by atoms with Crippen LogP contribution in [0, 0.1) is 0 Å². The molecule has 0 radical (unpaired) electrons. The number of nitrogens with two attached hydrogens (primary N) is 1. The van der Waals surface area contributed by atoms with Gasteiger partial charge in [0.1, 0.15) is 0 Å². The maximum atomic E-state index is 11.6. The van der Waals surface area contributed by atoms with Crippen molar-refractivity contribution in [3.8, 4) is 0 Å². The van der Waals surface area contributed by atoms with Crippen LogP contribution in [0.4, 0.5) is 5.69 Å². The number of aliphatic hydroxyl groups is 1. The van der Waals surface area contributed by atoms with E-state index in [1.807, 2.05) is 0 Å². The SMILES string of the molecule is C[C@H](O)CNC(=O)c1cc(N)cc(Br)c1. The zero-order valence-corrected chi connectivity index (χ0v) is 9.91. The van der Waals surface area contributed by atoms with Crippen molar-refractivity contribution in [3.63, 3.8) is 0 Å². The monoisotopic (exact) mass is 272 g/mol. The molecule has 0 aliphatic carbocycles. The molecule has 82 valence electrons. The van der Waals surface area contributed by atoms with E-state index in [0.717, 1.165) is 4.47 Å². The molecule has 1 atom stereocenters. The van der Waals surface area contributed by atoms with Crippen LogP contribution in [-0.2, 0) is 0 Å². The second-order valence-corrected chi connectivity index (χ2v) is 4.25. The Morgan fingerprint density at radius 1 is 1.60 bits per heavy atom. The Kier molecular flexibility index (Phi) is 4.11. The number of rotatable bonds is 3. The zero-order valence-electron chi connectivity index (χ0n) is 8.33. The number of carbonyl (C=O) groups is 1. The van der Waals surface area contributed by atoms with Gasteiger partial charge in [0.2, 0.25) is 0 Å². The Morgan fingerprint density at radius 2 is 2.27 bits per heavy atom. The first kappa shape index (κ1) is 12.0.